The summed E-state index contributed by atoms with van der Waals surface area (Å²) in [7, 11) is 0. The van der Waals surface area contributed by atoms with E-state index in [1.165, 1.54) is 16.8 Å². The minimum absolute atomic E-state index is 0.155. The average molecular weight is 313 g/mol. The number of aldehydes is 1. The fourth-order valence-electron chi connectivity index (χ4n) is 2.13. The first kappa shape index (κ1) is 14.2. The molecule has 0 spiro atoms. The SMILES string of the molecule is O=Cc1nnn(-c2cccc(C(=O)O)c2)c1Cc1cccs1. The lowest BCUT2D eigenvalue weighted by Crippen LogP contribution is -2.06. The van der Waals surface area contributed by atoms with Crippen LogP contribution in [-0.4, -0.2) is 32.4 Å². The number of rotatable bonds is 5. The zero-order valence-corrected chi connectivity index (χ0v) is 12.2. The second-order valence-corrected chi connectivity index (χ2v) is 5.59. The summed E-state index contributed by atoms with van der Waals surface area (Å²) in [6.07, 6.45) is 1.17. The molecule has 0 aliphatic heterocycles. The quantitative estimate of drug-likeness (QED) is 0.731. The molecule has 0 unspecified atom stereocenters. The lowest BCUT2D eigenvalue weighted by atomic mass is 10.2. The number of aromatic carboxylic acids is 1. The number of thiophene rings is 1. The lowest BCUT2D eigenvalue weighted by Gasteiger charge is -2.07. The second kappa shape index (κ2) is 5.90. The van der Waals surface area contributed by atoms with Crippen molar-refractivity contribution in [3.8, 4) is 5.69 Å². The zero-order chi connectivity index (χ0) is 15.5. The van der Waals surface area contributed by atoms with Crippen molar-refractivity contribution in [2.75, 3.05) is 0 Å². The molecule has 110 valence electrons. The van der Waals surface area contributed by atoms with Crippen molar-refractivity contribution in [3.05, 3.63) is 63.6 Å². The van der Waals surface area contributed by atoms with E-state index in [0.29, 0.717) is 24.1 Å². The van der Waals surface area contributed by atoms with Gasteiger partial charge in [0, 0.05) is 11.3 Å². The molecule has 7 heteroatoms. The van der Waals surface area contributed by atoms with Crippen molar-refractivity contribution in [2.45, 2.75) is 6.42 Å². The van der Waals surface area contributed by atoms with Gasteiger partial charge in [0.05, 0.1) is 16.9 Å². The van der Waals surface area contributed by atoms with Gasteiger partial charge in [-0.05, 0) is 29.6 Å². The van der Waals surface area contributed by atoms with Gasteiger partial charge in [0.2, 0.25) is 0 Å². The predicted molar refractivity (Wildman–Crippen MR) is 80.8 cm³/mol. The molecule has 2 aromatic heterocycles. The highest BCUT2D eigenvalue weighted by molar-refractivity contribution is 7.09. The van der Waals surface area contributed by atoms with Gasteiger partial charge in [-0.25, -0.2) is 9.48 Å². The molecule has 3 rings (SSSR count). The van der Waals surface area contributed by atoms with Crippen molar-refractivity contribution in [2.24, 2.45) is 0 Å². The molecule has 2 heterocycles. The Bertz CT molecular complexity index is 824. The minimum Gasteiger partial charge on any atom is -0.478 e. The number of carbonyl (C=O) groups excluding carboxylic acids is 1. The minimum atomic E-state index is -1.02. The molecule has 1 aromatic carbocycles. The number of benzene rings is 1. The maximum atomic E-state index is 11.2. The monoisotopic (exact) mass is 313 g/mol. The third kappa shape index (κ3) is 2.66. The Morgan fingerprint density at radius 3 is 2.86 bits per heavy atom. The average Bonchev–Trinajstić information content (AvgIpc) is 3.17. The molecular formula is C15H11N3O3S. The van der Waals surface area contributed by atoms with Gasteiger partial charge < -0.3 is 5.11 Å². The highest BCUT2D eigenvalue weighted by Crippen LogP contribution is 2.19. The maximum Gasteiger partial charge on any atom is 0.335 e. The van der Waals surface area contributed by atoms with Gasteiger partial charge in [-0.15, -0.1) is 16.4 Å². The van der Waals surface area contributed by atoms with Crippen LogP contribution in [0, 0.1) is 0 Å². The smallest absolute Gasteiger partial charge is 0.335 e. The van der Waals surface area contributed by atoms with Crippen molar-refractivity contribution < 1.29 is 14.7 Å². The van der Waals surface area contributed by atoms with E-state index in [4.69, 9.17) is 5.11 Å². The van der Waals surface area contributed by atoms with Crippen LogP contribution in [0.3, 0.4) is 0 Å². The number of carboxylic acid groups (broad SMARTS) is 1. The van der Waals surface area contributed by atoms with E-state index in [-0.39, 0.29) is 11.3 Å². The summed E-state index contributed by atoms with van der Waals surface area (Å²) in [6.45, 7) is 0. The molecule has 0 saturated carbocycles. The second-order valence-electron chi connectivity index (χ2n) is 4.56. The number of carboxylic acids is 1. The number of carbonyl (C=O) groups is 2. The van der Waals surface area contributed by atoms with E-state index in [2.05, 4.69) is 10.3 Å². The van der Waals surface area contributed by atoms with Gasteiger partial charge in [-0.2, -0.15) is 0 Å². The molecule has 22 heavy (non-hydrogen) atoms. The van der Waals surface area contributed by atoms with Crippen LogP contribution in [0.15, 0.2) is 41.8 Å². The third-order valence-corrected chi connectivity index (χ3v) is 4.04. The van der Waals surface area contributed by atoms with Gasteiger partial charge in [0.25, 0.3) is 0 Å². The Labute approximate surface area is 129 Å². The van der Waals surface area contributed by atoms with Crippen molar-refractivity contribution in [3.63, 3.8) is 0 Å². The van der Waals surface area contributed by atoms with Crippen LogP contribution < -0.4 is 0 Å². The normalized spacial score (nSPS) is 10.5. The Kier molecular flexibility index (Phi) is 3.80. The number of hydrogen-bond donors (Lipinski definition) is 1. The van der Waals surface area contributed by atoms with Crippen LogP contribution in [-0.2, 0) is 6.42 Å². The van der Waals surface area contributed by atoms with E-state index in [1.807, 2.05) is 17.5 Å². The molecule has 0 aliphatic carbocycles. The van der Waals surface area contributed by atoms with Gasteiger partial charge >= 0.3 is 5.97 Å². The molecule has 6 nitrogen and oxygen atoms in total. The van der Waals surface area contributed by atoms with Crippen LogP contribution in [0.2, 0.25) is 0 Å². The Balaban J connectivity index is 2.07. The summed E-state index contributed by atoms with van der Waals surface area (Å²) >= 11 is 1.57. The van der Waals surface area contributed by atoms with Gasteiger partial charge in [-0.1, -0.05) is 17.3 Å². The van der Waals surface area contributed by atoms with Gasteiger partial charge in [-0.3, -0.25) is 4.79 Å². The summed E-state index contributed by atoms with van der Waals surface area (Å²) in [4.78, 5) is 23.3. The van der Waals surface area contributed by atoms with Crippen LogP contribution in [0.4, 0.5) is 0 Å². The molecule has 0 aliphatic rings. The number of aromatic nitrogens is 3. The fourth-order valence-corrected chi connectivity index (χ4v) is 2.84. The van der Waals surface area contributed by atoms with Crippen molar-refractivity contribution in [1.29, 1.82) is 0 Å². The van der Waals surface area contributed by atoms with E-state index < -0.39 is 5.97 Å². The first-order chi connectivity index (χ1) is 10.7. The summed E-state index contributed by atoms with van der Waals surface area (Å²) in [5, 5.41) is 18.9. The van der Waals surface area contributed by atoms with E-state index in [9.17, 15) is 9.59 Å². The van der Waals surface area contributed by atoms with E-state index in [0.717, 1.165) is 4.88 Å². The molecule has 3 aromatic rings. The highest BCUT2D eigenvalue weighted by atomic mass is 32.1. The summed E-state index contributed by atoms with van der Waals surface area (Å²) < 4.78 is 1.51. The highest BCUT2D eigenvalue weighted by Gasteiger charge is 2.15. The van der Waals surface area contributed by atoms with Crippen LogP contribution >= 0.6 is 11.3 Å². The Hall–Kier alpha value is -2.80. The van der Waals surface area contributed by atoms with E-state index in [1.54, 1.807) is 23.5 Å². The lowest BCUT2D eigenvalue weighted by molar-refractivity contribution is 0.0696. The molecule has 0 bridgehead atoms. The molecule has 0 fully saturated rings. The molecule has 0 atom stereocenters. The number of nitrogens with zero attached hydrogens (tertiary/aromatic N) is 3. The van der Waals surface area contributed by atoms with Crippen molar-refractivity contribution >= 4 is 23.6 Å². The summed E-state index contributed by atoms with van der Waals surface area (Å²) in [6, 6.07) is 10.3. The van der Waals surface area contributed by atoms with E-state index >= 15 is 0 Å². The maximum absolute atomic E-state index is 11.2. The molecular weight excluding hydrogens is 302 g/mol. The van der Waals surface area contributed by atoms with Crippen molar-refractivity contribution in [1.82, 2.24) is 15.0 Å². The third-order valence-electron chi connectivity index (χ3n) is 3.16. The largest absolute Gasteiger partial charge is 0.478 e. The fraction of sp³-hybridized carbons (Fsp3) is 0.0667. The first-order valence-corrected chi connectivity index (χ1v) is 7.33. The Morgan fingerprint density at radius 1 is 1.32 bits per heavy atom. The van der Waals surface area contributed by atoms with Gasteiger partial charge in [0.1, 0.15) is 5.69 Å². The predicted octanol–water partition coefficient (Wildman–Crippen LogP) is 2.43. The molecule has 1 N–H and O–H groups in total. The zero-order valence-electron chi connectivity index (χ0n) is 11.3. The molecule has 0 amide bonds. The molecule has 0 radical (unpaired) electrons. The topological polar surface area (TPSA) is 85.1 Å². The number of hydrogen-bond acceptors (Lipinski definition) is 5. The summed E-state index contributed by atoms with van der Waals surface area (Å²) in [5.41, 5.74) is 1.61. The first-order valence-electron chi connectivity index (χ1n) is 6.45. The van der Waals surface area contributed by atoms with Crippen LogP contribution in [0.25, 0.3) is 5.69 Å². The summed E-state index contributed by atoms with van der Waals surface area (Å²) in [5.74, 6) is -1.02. The van der Waals surface area contributed by atoms with Gasteiger partial charge in [0.15, 0.2) is 6.29 Å². The Morgan fingerprint density at radius 2 is 2.18 bits per heavy atom. The standard InChI is InChI=1S/C15H11N3O3S/c19-9-13-14(8-12-5-2-6-22-12)18(17-16-13)11-4-1-3-10(7-11)15(20)21/h1-7,9H,8H2,(H,20,21). The molecule has 0 saturated heterocycles. The van der Waals surface area contributed by atoms with Crippen LogP contribution in [0.5, 0.6) is 0 Å². The van der Waals surface area contributed by atoms with Crippen LogP contribution in [0.1, 0.15) is 31.4 Å².